The van der Waals surface area contributed by atoms with Crippen molar-refractivity contribution in [2.24, 2.45) is 0 Å². The minimum atomic E-state index is -0.133. The second-order valence-electron chi connectivity index (χ2n) is 5.27. The Morgan fingerprint density at radius 3 is 2.45 bits per heavy atom. The highest BCUT2D eigenvalue weighted by Crippen LogP contribution is 2.28. The number of pyridine rings is 1. The van der Waals surface area contributed by atoms with Gasteiger partial charge in [0.05, 0.1) is 11.8 Å². The smallest absolute Gasteiger partial charge is 0.125 e. The molecule has 1 aliphatic heterocycles. The van der Waals surface area contributed by atoms with Gasteiger partial charge in [0, 0.05) is 11.2 Å². The van der Waals surface area contributed by atoms with Gasteiger partial charge in [-0.3, -0.25) is 4.98 Å². The lowest BCUT2D eigenvalue weighted by molar-refractivity contribution is -0.00991. The number of hydrogen-bond donors (Lipinski definition) is 1. The molecule has 1 aromatic heterocycles. The summed E-state index contributed by atoms with van der Waals surface area (Å²) in [6.07, 6.45) is 4.03. The minimum absolute atomic E-state index is 0. The molecular formula is C17H20Cl2N2O. The maximum atomic E-state index is 6.36. The van der Waals surface area contributed by atoms with Crippen LogP contribution in [0.5, 0.6) is 0 Å². The molecule has 0 amide bonds. The third-order valence-corrected chi connectivity index (χ3v) is 4.00. The van der Waals surface area contributed by atoms with E-state index in [2.05, 4.69) is 10.3 Å². The van der Waals surface area contributed by atoms with E-state index in [0.29, 0.717) is 0 Å². The van der Waals surface area contributed by atoms with Crippen LogP contribution in [-0.4, -0.2) is 24.2 Å². The number of ether oxygens (including phenoxy) is 1. The number of halogens is 2. The Morgan fingerprint density at radius 1 is 1.09 bits per heavy atom. The Kier molecular flexibility index (Phi) is 6.65. The molecule has 3 nitrogen and oxygen atoms in total. The summed E-state index contributed by atoms with van der Waals surface area (Å²) < 4.78 is 6.36. The van der Waals surface area contributed by atoms with Gasteiger partial charge in [-0.15, -0.1) is 12.4 Å². The average Bonchev–Trinajstić information content (AvgIpc) is 2.55. The van der Waals surface area contributed by atoms with Gasteiger partial charge in [0.1, 0.15) is 6.10 Å². The summed E-state index contributed by atoms with van der Waals surface area (Å²) >= 11 is 5.99. The van der Waals surface area contributed by atoms with E-state index in [1.807, 2.05) is 48.7 Å². The Morgan fingerprint density at radius 2 is 1.82 bits per heavy atom. The average molecular weight is 339 g/mol. The molecule has 0 aliphatic carbocycles. The fraction of sp³-hybridized carbons (Fsp3) is 0.353. The van der Waals surface area contributed by atoms with Gasteiger partial charge in [0.25, 0.3) is 0 Å². The largest absolute Gasteiger partial charge is 0.364 e. The highest BCUT2D eigenvalue weighted by atomic mass is 35.5. The van der Waals surface area contributed by atoms with E-state index in [-0.39, 0.29) is 24.6 Å². The fourth-order valence-electron chi connectivity index (χ4n) is 2.61. The first-order valence-electron chi connectivity index (χ1n) is 7.35. The zero-order chi connectivity index (χ0) is 14.5. The Labute approximate surface area is 142 Å². The van der Waals surface area contributed by atoms with E-state index < -0.39 is 0 Å². The number of benzene rings is 1. The minimum Gasteiger partial charge on any atom is -0.364 e. The van der Waals surface area contributed by atoms with Crippen LogP contribution in [0.4, 0.5) is 0 Å². The van der Waals surface area contributed by atoms with Gasteiger partial charge in [-0.25, -0.2) is 0 Å². The maximum Gasteiger partial charge on any atom is 0.125 e. The van der Waals surface area contributed by atoms with Gasteiger partial charge in [-0.05, 0) is 55.8 Å². The predicted molar refractivity (Wildman–Crippen MR) is 91.8 cm³/mol. The molecule has 1 N–H and O–H groups in total. The second-order valence-corrected chi connectivity index (χ2v) is 5.71. The van der Waals surface area contributed by atoms with Gasteiger partial charge in [-0.2, -0.15) is 0 Å². The predicted octanol–water partition coefficient (Wildman–Crippen LogP) is 4.01. The van der Waals surface area contributed by atoms with Crippen molar-refractivity contribution in [1.82, 2.24) is 10.3 Å². The van der Waals surface area contributed by atoms with Crippen LogP contribution >= 0.6 is 24.0 Å². The zero-order valence-corrected chi connectivity index (χ0v) is 13.8. The molecule has 5 heteroatoms. The molecule has 1 aromatic carbocycles. The molecule has 1 unspecified atom stereocenters. The summed E-state index contributed by atoms with van der Waals surface area (Å²) in [4.78, 5) is 4.47. The highest BCUT2D eigenvalue weighted by Gasteiger charge is 2.22. The molecule has 0 bridgehead atoms. The van der Waals surface area contributed by atoms with Crippen molar-refractivity contribution in [3.63, 3.8) is 0 Å². The second kappa shape index (κ2) is 8.49. The van der Waals surface area contributed by atoms with Crippen molar-refractivity contribution in [2.75, 3.05) is 13.1 Å². The summed E-state index contributed by atoms with van der Waals surface area (Å²) in [5.41, 5.74) is 2.04. The third kappa shape index (κ3) is 4.43. The van der Waals surface area contributed by atoms with Crippen LogP contribution in [0.2, 0.25) is 5.02 Å². The molecule has 3 rings (SSSR count). The van der Waals surface area contributed by atoms with Gasteiger partial charge in [0.2, 0.25) is 0 Å². The lowest BCUT2D eigenvalue weighted by Gasteiger charge is -2.28. The molecule has 22 heavy (non-hydrogen) atoms. The summed E-state index contributed by atoms with van der Waals surface area (Å²) in [6.45, 7) is 2.03. The van der Waals surface area contributed by atoms with E-state index in [4.69, 9.17) is 16.3 Å². The van der Waals surface area contributed by atoms with Crippen molar-refractivity contribution in [3.8, 4) is 0 Å². The normalized spacial score (nSPS) is 16.8. The van der Waals surface area contributed by atoms with Crippen molar-refractivity contribution >= 4 is 24.0 Å². The summed E-state index contributed by atoms with van der Waals surface area (Å²) in [5, 5.41) is 4.10. The Bertz CT molecular complexity index is 557. The third-order valence-electron chi connectivity index (χ3n) is 3.74. The van der Waals surface area contributed by atoms with E-state index in [1.165, 1.54) is 0 Å². The molecule has 1 atom stereocenters. The Balaban J connectivity index is 0.00000176. The van der Waals surface area contributed by atoms with Crippen molar-refractivity contribution in [2.45, 2.75) is 25.0 Å². The summed E-state index contributed by atoms with van der Waals surface area (Å²) in [7, 11) is 0. The van der Waals surface area contributed by atoms with Crippen LogP contribution < -0.4 is 5.32 Å². The number of aromatic nitrogens is 1. The van der Waals surface area contributed by atoms with E-state index >= 15 is 0 Å². The topological polar surface area (TPSA) is 34.1 Å². The molecule has 0 spiro atoms. The molecule has 0 radical (unpaired) electrons. The first kappa shape index (κ1) is 17.2. The quantitative estimate of drug-likeness (QED) is 0.914. The SMILES string of the molecule is Cl.Clc1ccc(C(OC2CCNCC2)c2ccccn2)cc1. The van der Waals surface area contributed by atoms with E-state index in [1.54, 1.807) is 0 Å². The molecule has 1 fully saturated rings. The summed E-state index contributed by atoms with van der Waals surface area (Å²) in [6, 6.07) is 13.8. The van der Waals surface area contributed by atoms with Crippen LogP contribution in [0.1, 0.15) is 30.2 Å². The number of nitrogens with zero attached hydrogens (tertiary/aromatic N) is 1. The van der Waals surface area contributed by atoms with Crippen molar-refractivity contribution in [3.05, 3.63) is 64.9 Å². The maximum absolute atomic E-state index is 6.36. The van der Waals surface area contributed by atoms with Crippen LogP contribution in [0.3, 0.4) is 0 Å². The van der Waals surface area contributed by atoms with Gasteiger partial charge in [-0.1, -0.05) is 29.8 Å². The molecule has 0 saturated carbocycles. The van der Waals surface area contributed by atoms with Crippen molar-refractivity contribution in [1.29, 1.82) is 0 Å². The standard InChI is InChI=1S/C17H19ClN2O.ClH/c18-14-6-4-13(5-7-14)17(16-3-1-2-10-20-16)21-15-8-11-19-12-9-15;/h1-7,10,15,17,19H,8-9,11-12H2;1H. The lowest BCUT2D eigenvalue weighted by atomic mass is 10.0. The van der Waals surface area contributed by atoms with E-state index in [9.17, 15) is 0 Å². The molecule has 118 valence electrons. The molecule has 1 aliphatic rings. The lowest BCUT2D eigenvalue weighted by Crippen LogP contribution is -2.33. The first-order chi connectivity index (χ1) is 10.3. The van der Waals surface area contributed by atoms with Crippen LogP contribution in [-0.2, 0) is 4.74 Å². The molecule has 2 heterocycles. The monoisotopic (exact) mass is 338 g/mol. The highest BCUT2D eigenvalue weighted by molar-refractivity contribution is 6.30. The number of piperidine rings is 1. The van der Waals surface area contributed by atoms with Gasteiger partial charge >= 0.3 is 0 Å². The van der Waals surface area contributed by atoms with Gasteiger partial charge in [0.15, 0.2) is 0 Å². The fourth-order valence-corrected chi connectivity index (χ4v) is 2.74. The molecular weight excluding hydrogens is 319 g/mol. The number of nitrogens with one attached hydrogen (secondary N) is 1. The van der Waals surface area contributed by atoms with Crippen LogP contribution in [0.15, 0.2) is 48.7 Å². The van der Waals surface area contributed by atoms with Gasteiger partial charge < -0.3 is 10.1 Å². The first-order valence-corrected chi connectivity index (χ1v) is 7.73. The number of hydrogen-bond acceptors (Lipinski definition) is 3. The summed E-state index contributed by atoms with van der Waals surface area (Å²) in [5.74, 6) is 0. The number of rotatable bonds is 4. The zero-order valence-electron chi connectivity index (χ0n) is 12.2. The molecule has 2 aromatic rings. The van der Waals surface area contributed by atoms with Crippen LogP contribution in [0.25, 0.3) is 0 Å². The van der Waals surface area contributed by atoms with Crippen molar-refractivity contribution < 1.29 is 4.74 Å². The Hall–Kier alpha value is -1.13. The van der Waals surface area contributed by atoms with E-state index in [0.717, 1.165) is 42.2 Å². The molecule has 1 saturated heterocycles. The van der Waals surface area contributed by atoms with Crippen LogP contribution in [0, 0.1) is 0 Å².